The topological polar surface area (TPSA) is 29.3 Å². The van der Waals surface area contributed by atoms with Crippen LogP contribution in [0.2, 0.25) is 5.02 Å². The second-order valence-corrected chi connectivity index (χ2v) is 5.13. The first-order chi connectivity index (χ1) is 7.70. The highest BCUT2D eigenvalue weighted by molar-refractivity contribution is 6.30. The van der Waals surface area contributed by atoms with Gasteiger partial charge in [0.25, 0.3) is 0 Å². The Labute approximate surface area is 102 Å². The number of nitrogens with zero attached hydrogens (tertiary/aromatic N) is 1. The first kappa shape index (κ1) is 11.9. The van der Waals surface area contributed by atoms with Gasteiger partial charge >= 0.3 is 0 Å². The molecule has 1 fully saturated rings. The van der Waals surface area contributed by atoms with Gasteiger partial charge in [-0.2, -0.15) is 0 Å². The van der Waals surface area contributed by atoms with Gasteiger partial charge in [-0.25, -0.2) is 0 Å². The van der Waals surface area contributed by atoms with Crippen LogP contribution in [0, 0.1) is 5.92 Å². The van der Waals surface area contributed by atoms with Crippen molar-refractivity contribution in [2.45, 2.75) is 18.9 Å². The molecule has 2 rings (SSSR count). The van der Waals surface area contributed by atoms with Gasteiger partial charge in [0.1, 0.15) is 0 Å². The van der Waals surface area contributed by atoms with Crippen LogP contribution >= 0.6 is 11.6 Å². The Morgan fingerprint density at radius 3 is 2.81 bits per heavy atom. The van der Waals surface area contributed by atoms with Crippen LogP contribution in [0.5, 0.6) is 0 Å². The maximum Gasteiger partial charge on any atom is 0.0468 e. The molecule has 0 saturated heterocycles. The van der Waals surface area contributed by atoms with Gasteiger partial charge in [-0.05, 0) is 43.5 Å². The molecule has 1 aliphatic rings. The van der Waals surface area contributed by atoms with Gasteiger partial charge in [0.2, 0.25) is 0 Å². The Balaban J connectivity index is 2.07. The number of hydrogen-bond donors (Lipinski definition) is 1. The quantitative estimate of drug-likeness (QED) is 0.855. The molecule has 88 valence electrons. The minimum atomic E-state index is 0.291. The highest BCUT2D eigenvalue weighted by Crippen LogP contribution is 2.32. The highest BCUT2D eigenvalue weighted by atomic mass is 35.5. The van der Waals surface area contributed by atoms with E-state index in [4.69, 9.17) is 17.3 Å². The molecule has 16 heavy (non-hydrogen) atoms. The molecule has 2 N–H and O–H groups in total. The van der Waals surface area contributed by atoms with Crippen molar-refractivity contribution >= 4 is 11.6 Å². The Hall–Kier alpha value is -0.570. The van der Waals surface area contributed by atoms with Crippen LogP contribution in [-0.4, -0.2) is 25.0 Å². The fraction of sp³-hybridized carbons (Fsp3) is 0.538. The summed E-state index contributed by atoms with van der Waals surface area (Å²) < 4.78 is 0. The van der Waals surface area contributed by atoms with E-state index in [0.717, 1.165) is 17.5 Å². The first-order valence-electron chi connectivity index (χ1n) is 5.86. The fourth-order valence-electron chi connectivity index (χ4n) is 2.12. The van der Waals surface area contributed by atoms with E-state index in [9.17, 15) is 0 Å². The molecule has 3 heteroatoms. The molecule has 0 bridgehead atoms. The lowest BCUT2D eigenvalue weighted by molar-refractivity contribution is 0.240. The van der Waals surface area contributed by atoms with Gasteiger partial charge in [0.15, 0.2) is 0 Å². The third-order valence-corrected chi connectivity index (χ3v) is 3.47. The predicted octanol–water partition coefficient (Wildman–Crippen LogP) is 2.68. The van der Waals surface area contributed by atoms with Gasteiger partial charge in [0, 0.05) is 24.2 Å². The summed E-state index contributed by atoms with van der Waals surface area (Å²) in [6, 6.07) is 8.31. The van der Waals surface area contributed by atoms with E-state index < -0.39 is 0 Å². The highest BCUT2D eigenvalue weighted by Gasteiger charge is 2.26. The summed E-state index contributed by atoms with van der Waals surface area (Å²) >= 11 is 6.01. The third kappa shape index (κ3) is 2.97. The van der Waals surface area contributed by atoms with Crippen LogP contribution in [0.1, 0.15) is 24.4 Å². The van der Waals surface area contributed by atoms with Crippen molar-refractivity contribution in [3.8, 4) is 0 Å². The predicted molar refractivity (Wildman–Crippen MR) is 68.6 cm³/mol. The zero-order valence-electron chi connectivity index (χ0n) is 9.70. The van der Waals surface area contributed by atoms with Gasteiger partial charge < -0.3 is 5.73 Å². The van der Waals surface area contributed by atoms with Crippen molar-refractivity contribution in [1.29, 1.82) is 0 Å². The minimum Gasteiger partial charge on any atom is -0.329 e. The molecule has 2 nitrogen and oxygen atoms in total. The van der Waals surface area contributed by atoms with E-state index in [1.54, 1.807) is 0 Å². The lowest BCUT2D eigenvalue weighted by Gasteiger charge is -2.27. The molecule has 1 aromatic carbocycles. The van der Waals surface area contributed by atoms with Crippen molar-refractivity contribution in [3.63, 3.8) is 0 Å². The summed E-state index contributed by atoms with van der Waals surface area (Å²) in [5.41, 5.74) is 7.09. The van der Waals surface area contributed by atoms with Crippen molar-refractivity contribution < 1.29 is 0 Å². The van der Waals surface area contributed by atoms with Crippen LogP contribution < -0.4 is 5.73 Å². The number of nitrogens with two attached hydrogens (primary N) is 1. The van der Waals surface area contributed by atoms with Crippen LogP contribution in [-0.2, 0) is 0 Å². The summed E-state index contributed by atoms with van der Waals surface area (Å²) in [5, 5.41) is 0.788. The Kier molecular flexibility index (Phi) is 3.85. The zero-order valence-corrected chi connectivity index (χ0v) is 10.5. The molecule has 1 aliphatic carbocycles. The second kappa shape index (κ2) is 5.17. The van der Waals surface area contributed by atoms with Crippen LogP contribution in [0.3, 0.4) is 0 Å². The maximum absolute atomic E-state index is 6.01. The van der Waals surface area contributed by atoms with Gasteiger partial charge in [-0.3, -0.25) is 4.90 Å². The number of likely N-dealkylation sites (N-methyl/N-ethyl adjacent to an activating group) is 1. The molecular formula is C13H19ClN2. The van der Waals surface area contributed by atoms with Gasteiger partial charge in [-0.15, -0.1) is 0 Å². The number of rotatable bonds is 5. The molecule has 1 atom stereocenters. The van der Waals surface area contributed by atoms with Gasteiger partial charge in [-0.1, -0.05) is 23.7 Å². The van der Waals surface area contributed by atoms with Gasteiger partial charge in [0.05, 0.1) is 0 Å². The maximum atomic E-state index is 6.01. The molecule has 0 heterocycles. The van der Waals surface area contributed by atoms with Crippen LogP contribution in [0.25, 0.3) is 0 Å². The van der Waals surface area contributed by atoms with Crippen molar-refractivity contribution in [2.24, 2.45) is 11.7 Å². The lowest BCUT2D eigenvalue weighted by Crippen LogP contribution is -2.32. The van der Waals surface area contributed by atoms with E-state index in [2.05, 4.69) is 18.0 Å². The molecule has 0 spiro atoms. The molecule has 0 amide bonds. The number of halogens is 1. The SMILES string of the molecule is CN(CC1CC1)C(CN)c1cccc(Cl)c1. The summed E-state index contributed by atoms with van der Waals surface area (Å²) in [4.78, 5) is 2.35. The average molecular weight is 239 g/mol. The normalized spacial score (nSPS) is 17.8. The molecule has 0 aromatic heterocycles. The minimum absolute atomic E-state index is 0.291. The van der Waals surface area contributed by atoms with E-state index >= 15 is 0 Å². The molecular weight excluding hydrogens is 220 g/mol. The van der Waals surface area contributed by atoms with E-state index in [0.29, 0.717) is 12.6 Å². The van der Waals surface area contributed by atoms with Crippen molar-refractivity contribution in [2.75, 3.05) is 20.1 Å². The second-order valence-electron chi connectivity index (χ2n) is 4.69. The molecule has 1 saturated carbocycles. The fourth-order valence-corrected chi connectivity index (χ4v) is 2.32. The number of hydrogen-bond acceptors (Lipinski definition) is 2. The Morgan fingerprint density at radius 1 is 1.50 bits per heavy atom. The molecule has 1 unspecified atom stereocenters. The Bertz CT molecular complexity index is 350. The summed E-state index contributed by atoms with van der Waals surface area (Å²) in [5.74, 6) is 0.887. The third-order valence-electron chi connectivity index (χ3n) is 3.23. The first-order valence-corrected chi connectivity index (χ1v) is 6.24. The zero-order chi connectivity index (χ0) is 11.5. The monoisotopic (exact) mass is 238 g/mol. The standard InChI is InChI=1S/C13H19ClN2/c1-16(9-10-5-6-10)13(8-15)11-3-2-4-12(14)7-11/h2-4,7,10,13H,5-6,8-9,15H2,1H3. The van der Waals surface area contributed by atoms with Crippen molar-refractivity contribution in [3.05, 3.63) is 34.9 Å². The summed E-state index contributed by atoms with van der Waals surface area (Å²) in [6.07, 6.45) is 2.74. The molecule has 0 aliphatic heterocycles. The number of benzene rings is 1. The van der Waals surface area contributed by atoms with Crippen LogP contribution in [0.4, 0.5) is 0 Å². The van der Waals surface area contributed by atoms with E-state index in [1.165, 1.54) is 18.4 Å². The van der Waals surface area contributed by atoms with Crippen LogP contribution in [0.15, 0.2) is 24.3 Å². The average Bonchev–Trinajstić information content (AvgIpc) is 3.03. The smallest absolute Gasteiger partial charge is 0.0468 e. The van der Waals surface area contributed by atoms with Crippen molar-refractivity contribution in [1.82, 2.24) is 4.90 Å². The largest absolute Gasteiger partial charge is 0.329 e. The Morgan fingerprint density at radius 2 is 2.25 bits per heavy atom. The molecule has 1 aromatic rings. The van der Waals surface area contributed by atoms with E-state index in [-0.39, 0.29) is 0 Å². The lowest BCUT2D eigenvalue weighted by atomic mass is 10.1. The summed E-state index contributed by atoms with van der Waals surface area (Å²) in [6.45, 7) is 1.79. The van der Waals surface area contributed by atoms with E-state index in [1.807, 2.05) is 18.2 Å². The summed E-state index contributed by atoms with van der Waals surface area (Å²) in [7, 11) is 2.15. The molecule has 0 radical (unpaired) electrons.